The lowest BCUT2D eigenvalue weighted by Crippen LogP contribution is -2.31. The number of carbonyl (C=O) groups is 1. The summed E-state index contributed by atoms with van der Waals surface area (Å²) >= 11 is 0. The number of rotatable bonds is 5. The van der Waals surface area contributed by atoms with E-state index in [0.717, 1.165) is 24.1 Å². The van der Waals surface area contributed by atoms with Gasteiger partial charge in [-0.05, 0) is 23.9 Å². The maximum atomic E-state index is 12.8. The highest BCUT2D eigenvalue weighted by molar-refractivity contribution is 6.58. The van der Waals surface area contributed by atoms with Crippen LogP contribution in [-0.2, 0) is 11.3 Å². The average molecular weight is 343 g/mol. The van der Waals surface area contributed by atoms with Crippen molar-refractivity contribution in [2.24, 2.45) is 0 Å². The highest BCUT2D eigenvalue weighted by Gasteiger charge is 2.25. The summed E-state index contributed by atoms with van der Waals surface area (Å²) in [6, 6.07) is 6.91. The van der Waals surface area contributed by atoms with Gasteiger partial charge in [-0.25, -0.2) is 0 Å². The molecule has 1 amide bonds. The summed E-state index contributed by atoms with van der Waals surface area (Å²) in [6.45, 7) is 1.77. The molecular formula is C17H22BN3O4. The van der Waals surface area contributed by atoms with Crippen LogP contribution < -0.4 is 5.46 Å². The number of hydrogen-bond donors (Lipinski definition) is 3. The van der Waals surface area contributed by atoms with E-state index in [1.807, 2.05) is 6.07 Å². The van der Waals surface area contributed by atoms with E-state index in [1.165, 1.54) is 0 Å². The molecule has 2 heterocycles. The maximum Gasteiger partial charge on any atom is 0.488 e. The minimum Gasteiger partial charge on any atom is -0.423 e. The van der Waals surface area contributed by atoms with Crippen LogP contribution in [0.25, 0.3) is 0 Å². The van der Waals surface area contributed by atoms with Crippen LogP contribution in [-0.4, -0.2) is 58.4 Å². The summed E-state index contributed by atoms with van der Waals surface area (Å²) in [5.74, 6) is 0.154. The molecule has 1 aliphatic rings. The Morgan fingerprint density at radius 3 is 2.88 bits per heavy atom. The summed E-state index contributed by atoms with van der Waals surface area (Å²) in [6.07, 6.45) is 3.34. The van der Waals surface area contributed by atoms with E-state index in [2.05, 4.69) is 10.2 Å². The third-order valence-electron chi connectivity index (χ3n) is 4.54. The monoisotopic (exact) mass is 343 g/mol. The Bertz CT molecular complexity index is 728. The van der Waals surface area contributed by atoms with Crippen LogP contribution in [0.1, 0.15) is 40.4 Å². The second-order valence-electron chi connectivity index (χ2n) is 6.36. The van der Waals surface area contributed by atoms with E-state index in [1.54, 1.807) is 36.3 Å². The third kappa shape index (κ3) is 4.09. The zero-order valence-electron chi connectivity index (χ0n) is 14.2. The van der Waals surface area contributed by atoms with Crippen LogP contribution in [0, 0.1) is 0 Å². The first-order valence-electron chi connectivity index (χ1n) is 8.37. The molecule has 7 nitrogen and oxygen atoms in total. The lowest BCUT2D eigenvalue weighted by molar-refractivity contribution is 0.0764. The summed E-state index contributed by atoms with van der Waals surface area (Å²) in [5, 5.41) is 25.6. The molecule has 8 heteroatoms. The molecule has 1 fully saturated rings. The molecule has 0 radical (unpaired) electrons. The number of aromatic nitrogens is 2. The Morgan fingerprint density at radius 1 is 1.40 bits per heavy atom. The molecule has 0 saturated carbocycles. The fraction of sp³-hybridized carbons (Fsp3) is 0.412. The smallest absolute Gasteiger partial charge is 0.423 e. The molecule has 1 aromatic heterocycles. The van der Waals surface area contributed by atoms with Crippen molar-refractivity contribution in [2.75, 3.05) is 20.3 Å². The lowest BCUT2D eigenvalue weighted by atomic mass is 9.79. The van der Waals surface area contributed by atoms with Crippen molar-refractivity contribution in [3.05, 3.63) is 47.3 Å². The number of aromatic amines is 1. The molecule has 2 aromatic rings. The van der Waals surface area contributed by atoms with Gasteiger partial charge in [0.2, 0.25) is 0 Å². The molecule has 0 bridgehead atoms. The Morgan fingerprint density at radius 2 is 2.16 bits per heavy atom. The first kappa shape index (κ1) is 17.7. The van der Waals surface area contributed by atoms with Crippen molar-refractivity contribution in [1.82, 2.24) is 15.1 Å². The van der Waals surface area contributed by atoms with Crippen molar-refractivity contribution >= 4 is 18.5 Å². The van der Waals surface area contributed by atoms with Crippen LogP contribution in [0.3, 0.4) is 0 Å². The molecule has 0 unspecified atom stereocenters. The zero-order chi connectivity index (χ0) is 17.8. The minimum absolute atomic E-state index is 0.106. The van der Waals surface area contributed by atoms with Crippen molar-refractivity contribution in [3.8, 4) is 0 Å². The van der Waals surface area contributed by atoms with Crippen LogP contribution in [0.4, 0.5) is 0 Å². The lowest BCUT2D eigenvalue weighted by Gasteiger charge is -2.23. The van der Waals surface area contributed by atoms with Gasteiger partial charge in [-0.1, -0.05) is 24.3 Å². The number of nitrogens with zero attached hydrogens (tertiary/aromatic N) is 2. The van der Waals surface area contributed by atoms with Gasteiger partial charge in [-0.2, -0.15) is 5.10 Å². The summed E-state index contributed by atoms with van der Waals surface area (Å²) < 4.78 is 5.38. The number of amides is 1. The summed E-state index contributed by atoms with van der Waals surface area (Å²) in [7, 11) is 0.209. The van der Waals surface area contributed by atoms with Crippen molar-refractivity contribution < 1.29 is 19.6 Å². The van der Waals surface area contributed by atoms with E-state index in [-0.39, 0.29) is 11.8 Å². The Balaban J connectivity index is 1.73. The van der Waals surface area contributed by atoms with Gasteiger partial charge in [-0.15, -0.1) is 0 Å². The molecule has 3 N–H and O–H groups in total. The molecule has 1 aromatic carbocycles. The van der Waals surface area contributed by atoms with E-state index < -0.39 is 7.12 Å². The van der Waals surface area contributed by atoms with Crippen LogP contribution >= 0.6 is 0 Å². The molecule has 0 atom stereocenters. The quantitative estimate of drug-likeness (QED) is 0.677. The Hall–Kier alpha value is -2.16. The van der Waals surface area contributed by atoms with E-state index >= 15 is 0 Å². The van der Waals surface area contributed by atoms with E-state index in [9.17, 15) is 14.8 Å². The molecule has 0 spiro atoms. The third-order valence-corrected chi connectivity index (χ3v) is 4.54. The van der Waals surface area contributed by atoms with Gasteiger partial charge in [0, 0.05) is 32.7 Å². The number of carbonyl (C=O) groups excluding carboxylic acids is 1. The number of H-pyrrole nitrogens is 1. The number of ether oxygens (including phenoxy) is 1. The number of nitrogens with one attached hydrogen (secondary N) is 1. The molecule has 132 valence electrons. The average Bonchev–Trinajstić information content (AvgIpc) is 3.11. The zero-order valence-corrected chi connectivity index (χ0v) is 14.2. The molecule has 1 aliphatic heterocycles. The van der Waals surface area contributed by atoms with Gasteiger partial charge >= 0.3 is 7.12 Å². The van der Waals surface area contributed by atoms with Gasteiger partial charge in [-0.3, -0.25) is 9.89 Å². The molecule has 0 aliphatic carbocycles. The topological polar surface area (TPSA) is 98.7 Å². The second kappa shape index (κ2) is 7.82. The van der Waals surface area contributed by atoms with E-state index in [4.69, 9.17) is 4.74 Å². The predicted molar refractivity (Wildman–Crippen MR) is 93.4 cm³/mol. The van der Waals surface area contributed by atoms with Crippen LogP contribution in [0.15, 0.2) is 30.5 Å². The highest BCUT2D eigenvalue weighted by atomic mass is 16.5. The van der Waals surface area contributed by atoms with Crippen molar-refractivity contribution in [2.45, 2.75) is 25.3 Å². The largest absolute Gasteiger partial charge is 0.488 e. The van der Waals surface area contributed by atoms with Gasteiger partial charge < -0.3 is 19.7 Å². The Kier molecular flexibility index (Phi) is 5.52. The van der Waals surface area contributed by atoms with Gasteiger partial charge in [0.25, 0.3) is 5.91 Å². The predicted octanol–water partition coefficient (Wildman–Crippen LogP) is 0.256. The highest BCUT2D eigenvalue weighted by Crippen LogP contribution is 2.28. The second-order valence-corrected chi connectivity index (χ2v) is 6.36. The fourth-order valence-corrected chi connectivity index (χ4v) is 3.17. The fourth-order valence-electron chi connectivity index (χ4n) is 3.17. The number of benzene rings is 1. The van der Waals surface area contributed by atoms with Crippen LogP contribution in [0.2, 0.25) is 0 Å². The molecule has 1 saturated heterocycles. The summed E-state index contributed by atoms with van der Waals surface area (Å²) in [5.41, 5.74) is 2.70. The van der Waals surface area contributed by atoms with Crippen LogP contribution in [0.5, 0.6) is 0 Å². The first-order chi connectivity index (χ1) is 12.1. The SMILES string of the molecule is CN(Cc1cccc(B(O)O)c1)C(=O)c1cn[nH]c1C1CCOCC1. The van der Waals surface area contributed by atoms with Gasteiger partial charge in [0.05, 0.1) is 17.5 Å². The maximum absolute atomic E-state index is 12.8. The van der Waals surface area contributed by atoms with Gasteiger partial charge in [0.1, 0.15) is 0 Å². The molecule has 25 heavy (non-hydrogen) atoms. The standard InChI is InChI=1S/C17H22BN3O4/c1-21(11-12-3-2-4-14(9-12)18(23)24)17(22)15-10-19-20-16(15)13-5-7-25-8-6-13/h2-4,9-10,13,23-24H,5-8,11H2,1H3,(H,19,20). The first-order valence-corrected chi connectivity index (χ1v) is 8.37. The minimum atomic E-state index is -1.52. The van der Waals surface area contributed by atoms with E-state index in [0.29, 0.717) is 30.8 Å². The number of hydrogen-bond acceptors (Lipinski definition) is 5. The molecular weight excluding hydrogens is 321 g/mol. The summed E-state index contributed by atoms with van der Waals surface area (Å²) in [4.78, 5) is 14.4. The van der Waals surface area contributed by atoms with Gasteiger partial charge in [0.15, 0.2) is 0 Å². The Labute approximate surface area is 146 Å². The molecule has 3 rings (SSSR count). The normalized spacial score (nSPS) is 15.2. The van der Waals surface area contributed by atoms with Crippen molar-refractivity contribution in [3.63, 3.8) is 0 Å². The van der Waals surface area contributed by atoms with Crippen molar-refractivity contribution in [1.29, 1.82) is 0 Å².